The summed E-state index contributed by atoms with van der Waals surface area (Å²) in [5, 5.41) is 13.7. The van der Waals surface area contributed by atoms with Gasteiger partial charge in [-0.1, -0.05) is 25.4 Å². The fourth-order valence-corrected chi connectivity index (χ4v) is 2.41. The molecular weight excluding hydrogens is 320 g/mol. The van der Waals surface area contributed by atoms with Gasteiger partial charge < -0.3 is 5.11 Å². The van der Waals surface area contributed by atoms with Gasteiger partial charge in [-0.15, -0.1) is 0 Å². The van der Waals surface area contributed by atoms with Gasteiger partial charge in [0, 0.05) is 11.4 Å². The highest BCUT2D eigenvalue weighted by atomic mass is 35.5. The summed E-state index contributed by atoms with van der Waals surface area (Å²) in [5.41, 5.74) is -0.717. The van der Waals surface area contributed by atoms with Gasteiger partial charge in [0.25, 0.3) is 0 Å². The minimum Gasteiger partial charge on any atom is -0.476 e. The van der Waals surface area contributed by atoms with Gasteiger partial charge in [0.15, 0.2) is 5.78 Å². The van der Waals surface area contributed by atoms with Crippen molar-refractivity contribution in [3.8, 4) is 5.69 Å². The zero-order chi connectivity index (χ0) is 17.1. The molecule has 2 aromatic rings. The monoisotopic (exact) mass is 334 g/mol. The van der Waals surface area contributed by atoms with E-state index >= 15 is 0 Å². The molecule has 1 N–H and O–H groups in total. The molecule has 6 nitrogen and oxygen atoms in total. The third-order valence-electron chi connectivity index (χ3n) is 3.40. The summed E-state index contributed by atoms with van der Waals surface area (Å²) in [6, 6.07) is 6.53. The van der Waals surface area contributed by atoms with Crippen molar-refractivity contribution in [2.24, 2.45) is 0 Å². The predicted octanol–water partition coefficient (Wildman–Crippen LogP) is 2.74. The molecule has 0 fully saturated rings. The summed E-state index contributed by atoms with van der Waals surface area (Å²) in [5.74, 6) is -1.87. The lowest BCUT2D eigenvalue weighted by atomic mass is 10.0. The van der Waals surface area contributed by atoms with E-state index in [0.29, 0.717) is 22.8 Å². The number of Topliss-reactive ketones (excluding diaryl/α,β-unsaturated/α-hetero) is 1. The third-order valence-corrected chi connectivity index (χ3v) is 3.65. The number of aromatic carboxylic acids is 1. The van der Waals surface area contributed by atoms with E-state index in [4.69, 9.17) is 11.6 Å². The normalized spacial score (nSPS) is 10.6. The van der Waals surface area contributed by atoms with Crippen molar-refractivity contribution in [2.75, 3.05) is 0 Å². The molecule has 0 saturated heterocycles. The zero-order valence-electron chi connectivity index (χ0n) is 12.7. The topological polar surface area (TPSA) is 89.3 Å². The Morgan fingerprint density at radius 3 is 2.30 bits per heavy atom. The molecule has 0 bridgehead atoms. The summed E-state index contributed by atoms with van der Waals surface area (Å²) < 4.78 is 1.32. The fourth-order valence-electron chi connectivity index (χ4n) is 2.29. The van der Waals surface area contributed by atoms with Crippen LogP contribution >= 0.6 is 11.6 Å². The average Bonchev–Trinajstić information content (AvgIpc) is 2.54. The van der Waals surface area contributed by atoms with E-state index in [2.05, 4.69) is 5.10 Å². The van der Waals surface area contributed by atoms with E-state index in [0.717, 1.165) is 0 Å². The average molecular weight is 335 g/mol. The number of ketones is 1. The number of carboxylic acid groups (broad SMARTS) is 1. The standard InChI is InChI=1S/C16H15ClN2O4/c1-3-11-13(12(20)4-2)15(21)14(16(22)23)18-19(11)10-7-5-9(17)6-8-10/h5-8H,3-4H2,1-2H3,(H,22,23). The van der Waals surface area contributed by atoms with Crippen LogP contribution in [0, 0.1) is 0 Å². The fraction of sp³-hybridized carbons (Fsp3) is 0.250. The van der Waals surface area contributed by atoms with Gasteiger partial charge >= 0.3 is 5.97 Å². The van der Waals surface area contributed by atoms with Gasteiger partial charge in [-0.25, -0.2) is 9.48 Å². The van der Waals surface area contributed by atoms with Gasteiger partial charge in [-0.2, -0.15) is 5.10 Å². The molecule has 120 valence electrons. The number of nitrogens with zero attached hydrogens (tertiary/aromatic N) is 2. The van der Waals surface area contributed by atoms with E-state index < -0.39 is 22.9 Å². The maximum Gasteiger partial charge on any atom is 0.360 e. The summed E-state index contributed by atoms with van der Waals surface area (Å²) in [4.78, 5) is 35.8. The lowest BCUT2D eigenvalue weighted by Gasteiger charge is -2.15. The van der Waals surface area contributed by atoms with E-state index in [1.807, 2.05) is 0 Å². The predicted molar refractivity (Wildman–Crippen MR) is 85.8 cm³/mol. The van der Waals surface area contributed by atoms with Crippen LogP contribution in [-0.2, 0) is 6.42 Å². The van der Waals surface area contributed by atoms with Crippen molar-refractivity contribution < 1.29 is 14.7 Å². The highest BCUT2D eigenvalue weighted by Crippen LogP contribution is 2.17. The minimum atomic E-state index is -1.47. The van der Waals surface area contributed by atoms with E-state index in [9.17, 15) is 19.5 Å². The number of hydrogen-bond acceptors (Lipinski definition) is 4. The second-order valence-corrected chi connectivity index (χ2v) is 5.26. The first-order valence-electron chi connectivity index (χ1n) is 7.09. The van der Waals surface area contributed by atoms with E-state index in [1.54, 1.807) is 38.1 Å². The first-order chi connectivity index (χ1) is 10.9. The molecule has 0 spiro atoms. The van der Waals surface area contributed by atoms with Crippen LogP contribution in [0.2, 0.25) is 5.02 Å². The number of carbonyl (C=O) groups excluding carboxylic acids is 1. The van der Waals surface area contributed by atoms with Crippen LogP contribution in [0.5, 0.6) is 0 Å². The lowest BCUT2D eigenvalue weighted by Crippen LogP contribution is -2.30. The Balaban J connectivity index is 2.87. The van der Waals surface area contributed by atoms with E-state index in [1.165, 1.54) is 4.68 Å². The van der Waals surface area contributed by atoms with Crippen molar-refractivity contribution in [3.63, 3.8) is 0 Å². The maximum absolute atomic E-state index is 12.3. The molecule has 0 aliphatic rings. The highest BCUT2D eigenvalue weighted by Gasteiger charge is 2.24. The molecule has 0 unspecified atom stereocenters. The number of carbonyl (C=O) groups is 2. The number of rotatable bonds is 5. The van der Waals surface area contributed by atoms with Crippen molar-refractivity contribution in [1.82, 2.24) is 9.78 Å². The van der Waals surface area contributed by atoms with Crippen LogP contribution in [0.4, 0.5) is 0 Å². The quantitative estimate of drug-likeness (QED) is 0.849. The van der Waals surface area contributed by atoms with Gasteiger partial charge in [-0.3, -0.25) is 9.59 Å². The summed E-state index contributed by atoms with van der Waals surface area (Å²) in [7, 11) is 0. The number of benzene rings is 1. The van der Waals surface area contributed by atoms with Gasteiger partial charge in [0.1, 0.15) is 0 Å². The minimum absolute atomic E-state index is 0.103. The second-order valence-electron chi connectivity index (χ2n) is 4.82. The van der Waals surface area contributed by atoms with Crippen LogP contribution in [0.25, 0.3) is 5.69 Å². The smallest absolute Gasteiger partial charge is 0.360 e. The van der Waals surface area contributed by atoms with Crippen LogP contribution in [-0.4, -0.2) is 26.6 Å². The van der Waals surface area contributed by atoms with Crippen LogP contribution in [0.1, 0.15) is 46.8 Å². The number of hydrogen-bond donors (Lipinski definition) is 1. The van der Waals surface area contributed by atoms with Crippen molar-refractivity contribution in [2.45, 2.75) is 26.7 Å². The lowest BCUT2D eigenvalue weighted by molar-refractivity contribution is 0.0686. The van der Waals surface area contributed by atoms with Crippen molar-refractivity contribution in [3.05, 3.63) is 56.5 Å². The second kappa shape index (κ2) is 6.75. The molecule has 7 heteroatoms. The summed E-state index contributed by atoms with van der Waals surface area (Å²) >= 11 is 5.86. The molecule has 0 radical (unpaired) electrons. The Bertz CT molecular complexity index is 825. The number of halogens is 1. The van der Waals surface area contributed by atoms with Crippen LogP contribution in [0.15, 0.2) is 29.1 Å². The molecule has 1 heterocycles. The number of carboxylic acids is 1. The first kappa shape index (κ1) is 16.9. The number of aromatic nitrogens is 2. The SMILES string of the molecule is CCC(=O)c1c(CC)n(-c2ccc(Cl)cc2)nc(C(=O)O)c1=O. The van der Waals surface area contributed by atoms with Crippen molar-refractivity contribution >= 4 is 23.4 Å². The highest BCUT2D eigenvalue weighted by molar-refractivity contribution is 6.30. The Hall–Kier alpha value is -2.47. The molecule has 0 atom stereocenters. The zero-order valence-corrected chi connectivity index (χ0v) is 13.4. The Labute approximate surface area is 137 Å². The van der Waals surface area contributed by atoms with Crippen LogP contribution < -0.4 is 5.43 Å². The molecule has 0 aliphatic heterocycles. The largest absolute Gasteiger partial charge is 0.476 e. The molecular formula is C16H15ClN2O4. The molecule has 1 aromatic heterocycles. The molecule has 0 amide bonds. The van der Waals surface area contributed by atoms with Gasteiger partial charge in [0.2, 0.25) is 11.1 Å². The van der Waals surface area contributed by atoms with E-state index in [-0.39, 0.29) is 12.0 Å². The van der Waals surface area contributed by atoms with Crippen LogP contribution in [0.3, 0.4) is 0 Å². The Kier molecular flexibility index (Phi) is 4.95. The Morgan fingerprint density at radius 2 is 1.83 bits per heavy atom. The first-order valence-corrected chi connectivity index (χ1v) is 7.47. The van der Waals surface area contributed by atoms with Gasteiger partial charge in [-0.05, 0) is 30.7 Å². The Morgan fingerprint density at radius 1 is 1.22 bits per heavy atom. The summed E-state index contributed by atoms with van der Waals surface area (Å²) in [6.07, 6.45) is 0.456. The molecule has 23 heavy (non-hydrogen) atoms. The summed E-state index contributed by atoms with van der Waals surface area (Å²) in [6.45, 7) is 3.39. The maximum atomic E-state index is 12.3. The molecule has 1 aromatic carbocycles. The van der Waals surface area contributed by atoms with Gasteiger partial charge in [0.05, 0.1) is 16.9 Å². The molecule has 0 saturated carbocycles. The molecule has 0 aliphatic carbocycles. The third kappa shape index (κ3) is 3.17. The van der Waals surface area contributed by atoms with Crippen molar-refractivity contribution in [1.29, 1.82) is 0 Å². The molecule has 2 rings (SSSR count).